The molecule has 3 aromatic rings. The topological polar surface area (TPSA) is 84.4 Å². The highest BCUT2D eigenvalue weighted by atomic mass is 35.5. The van der Waals surface area contributed by atoms with Crippen LogP contribution in [0, 0.1) is 11.6 Å². The average molecular weight is 591 g/mol. The third-order valence-electron chi connectivity index (χ3n) is 6.56. The highest BCUT2D eigenvalue weighted by Gasteiger charge is 2.37. The molecule has 1 N–H and O–H groups in total. The van der Waals surface area contributed by atoms with E-state index < -0.39 is 50.3 Å². The van der Waals surface area contributed by atoms with Gasteiger partial charge in [0.25, 0.3) is 10.0 Å². The molecule has 1 heterocycles. The second-order valence-corrected chi connectivity index (χ2v) is 11.4. The number of nitrogens with zero attached hydrogens (tertiary/aromatic N) is 3. The Balaban J connectivity index is 1.55. The van der Waals surface area contributed by atoms with Crippen molar-refractivity contribution in [1.82, 2.24) is 14.9 Å². The van der Waals surface area contributed by atoms with Gasteiger partial charge in [-0.1, -0.05) is 11.6 Å². The van der Waals surface area contributed by atoms with E-state index in [9.17, 15) is 30.4 Å². The summed E-state index contributed by atoms with van der Waals surface area (Å²) in [7, 11) is -0.898. The number of hydrogen-bond acceptors (Lipinski definition) is 6. The van der Waals surface area contributed by atoms with Gasteiger partial charge < -0.3 is 9.64 Å². The van der Waals surface area contributed by atoms with Crippen LogP contribution in [0.15, 0.2) is 53.8 Å². The fourth-order valence-corrected chi connectivity index (χ4v) is 6.00. The van der Waals surface area contributed by atoms with Crippen LogP contribution in [0.2, 0.25) is 5.02 Å². The van der Waals surface area contributed by atoms with E-state index in [2.05, 4.69) is 14.7 Å². The van der Waals surface area contributed by atoms with Crippen LogP contribution >= 0.6 is 11.6 Å². The summed E-state index contributed by atoms with van der Waals surface area (Å²) < 4.78 is 103. The molecule has 1 aliphatic carbocycles. The summed E-state index contributed by atoms with van der Waals surface area (Å²) in [5, 5.41) is -0.164. The van der Waals surface area contributed by atoms with E-state index in [-0.39, 0.29) is 34.6 Å². The lowest BCUT2D eigenvalue weighted by Crippen LogP contribution is -2.46. The van der Waals surface area contributed by atoms with Gasteiger partial charge in [0.1, 0.15) is 40.5 Å². The number of nitrogens with one attached hydrogen (secondary N) is 1. The first-order valence-electron chi connectivity index (χ1n) is 11.7. The molecular formula is C25H24ClF5N4O3S. The molecule has 7 nitrogen and oxygen atoms in total. The minimum absolute atomic E-state index is 0.0232. The summed E-state index contributed by atoms with van der Waals surface area (Å²) in [6.07, 6.45) is -1.87. The third-order valence-corrected chi connectivity index (χ3v) is 8.22. The first kappa shape index (κ1) is 29.0. The molecule has 39 heavy (non-hydrogen) atoms. The zero-order valence-corrected chi connectivity index (χ0v) is 22.3. The molecule has 210 valence electrons. The average Bonchev–Trinajstić information content (AvgIpc) is 2.86. The minimum atomic E-state index is -4.60. The van der Waals surface area contributed by atoms with Crippen molar-refractivity contribution >= 4 is 27.4 Å². The van der Waals surface area contributed by atoms with Crippen molar-refractivity contribution in [3.8, 4) is 5.75 Å². The van der Waals surface area contributed by atoms with Gasteiger partial charge in [-0.25, -0.2) is 27.2 Å². The van der Waals surface area contributed by atoms with Gasteiger partial charge in [-0.15, -0.1) is 0 Å². The number of halogens is 6. The number of ether oxygens (including phenoxy) is 1. The molecule has 1 fully saturated rings. The maximum absolute atomic E-state index is 15.0. The smallest absolute Gasteiger partial charge is 0.416 e. The standard InChI is InChI=1S/C25H24ClF5N4O3S/c1-35(2)20-9-14(16-10-15(25(29,30)31)4-5-18(16)27)3-6-21(20)38-22-12-19(28)23(11-17(22)26)39(36,37)34-24-7-8-32-13-33-24/h4-5,7-8,10-14,20-21H,3,6,9H2,1-2H3,(H,32,33,34)/t14-,20-,21-/m0/s1. The second-order valence-electron chi connectivity index (χ2n) is 9.34. The van der Waals surface area contributed by atoms with Crippen molar-refractivity contribution in [3.63, 3.8) is 0 Å². The van der Waals surface area contributed by atoms with Crippen LogP contribution in [0.4, 0.5) is 27.8 Å². The maximum Gasteiger partial charge on any atom is 0.416 e. The summed E-state index contributed by atoms with van der Waals surface area (Å²) in [6.45, 7) is 0. The molecular weight excluding hydrogens is 567 g/mol. The SMILES string of the molecule is CN(C)[C@H]1C[C@@H](c2cc(C(F)(F)F)ccc2F)CC[C@@H]1Oc1cc(F)c(S(=O)(=O)Nc2ccncn2)cc1Cl. The van der Waals surface area contributed by atoms with Gasteiger partial charge >= 0.3 is 6.18 Å². The number of sulfonamides is 1. The largest absolute Gasteiger partial charge is 0.487 e. The molecule has 1 aliphatic rings. The third kappa shape index (κ3) is 6.59. The molecule has 0 aliphatic heterocycles. The Bertz CT molecular complexity index is 1440. The van der Waals surface area contributed by atoms with E-state index in [1.807, 2.05) is 0 Å². The van der Waals surface area contributed by atoms with Crippen LogP contribution in [-0.2, 0) is 16.2 Å². The summed E-state index contributed by atoms with van der Waals surface area (Å²) >= 11 is 6.28. The molecule has 1 aromatic heterocycles. The predicted molar refractivity (Wildman–Crippen MR) is 134 cm³/mol. The number of anilines is 1. The summed E-state index contributed by atoms with van der Waals surface area (Å²) in [5.41, 5.74) is -0.949. The van der Waals surface area contributed by atoms with Crippen LogP contribution in [-0.4, -0.2) is 49.5 Å². The van der Waals surface area contributed by atoms with Crippen molar-refractivity contribution in [1.29, 1.82) is 0 Å². The van der Waals surface area contributed by atoms with Gasteiger partial charge in [-0.05, 0) is 75.2 Å². The second kappa shape index (κ2) is 11.2. The van der Waals surface area contributed by atoms with Gasteiger partial charge in [0, 0.05) is 18.3 Å². The van der Waals surface area contributed by atoms with Crippen molar-refractivity contribution in [3.05, 3.63) is 76.7 Å². The first-order chi connectivity index (χ1) is 18.3. The molecule has 2 aromatic carbocycles. The number of benzene rings is 2. The Labute approximate surface area is 227 Å². The predicted octanol–water partition coefficient (Wildman–Crippen LogP) is 5.87. The zero-order chi connectivity index (χ0) is 28.5. The molecule has 14 heteroatoms. The van der Waals surface area contributed by atoms with E-state index in [0.717, 1.165) is 30.6 Å². The monoisotopic (exact) mass is 590 g/mol. The zero-order valence-electron chi connectivity index (χ0n) is 20.7. The van der Waals surface area contributed by atoms with Gasteiger partial charge in [0.15, 0.2) is 0 Å². The highest BCUT2D eigenvalue weighted by molar-refractivity contribution is 7.92. The molecule has 0 amide bonds. The first-order valence-corrected chi connectivity index (χ1v) is 13.6. The van der Waals surface area contributed by atoms with Crippen LogP contribution in [0.5, 0.6) is 5.75 Å². The van der Waals surface area contributed by atoms with E-state index in [1.165, 1.54) is 12.3 Å². The number of rotatable bonds is 7. The molecule has 0 unspecified atom stereocenters. The van der Waals surface area contributed by atoms with Crippen LogP contribution in [0.1, 0.15) is 36.3 Å². The molecule has 0 radical (unpaired) electrons. The van der Waals surface area contributed by atoms with Crippen molar-refractivity contribution in [2.24, 2.45) is 0 Å². The van der Waals surface area contributed by atoms with Gasteiger partial charge in [0.2, 0.25) is 0 Å². The van der Waals surface area contributed by atoms with E-state index in [1.54, 1.807) is 19.0 Å². The maximum atomic E-state index is 15.0. The number of likely N-dealkylation sites (N-methyl/N-ethyl adjacent to an activating group) is 1. The molecule has 1 saturated carbocycles. The van der Waals surface area contributed by atoms with E-state index in [0.29, 0.717) is 18.9 Å². The fraction of sp³-hybridized carbons (Fsp3) is 0.360. The number of hydrogen-bond donors (Lipinski definition) is 1. The lowest BCUT2D eigenvalue weighted by molar-refractivity contribution is -0.137. The van der Waals surface area contributed by atoms with Crippen LogP contribution in [0.25, 0.3) is 0 Å². The van der Waals surface area contributed by atoms with Crippen LogP contribution < -0.4 is 9.46 Å². The van der Waals surface area contributed by atoms with Crippen molar-refractivity contribution < 1.29 is 35.1 Å². The fourth-order valence-electron chi connectivity index (χ4n) is 4.63. The lowest BCUT2D eigenvalue weighted by Gasteiger charge is -2.40. The molecule has 4 rings (SSSR count). The van der Waals surface area contributed by atoms with Gasteiger partial charge in [-0.3, -0.25) is 4.72 Å². The van der Waals surface area contributed by atoms with Crippen molar-refractivity contribution in [2.45, 2.75) is 48.4 Å². The minimum Gasteiger partial charge on any atom is -0.487 e. The van der Waals surface area contributed by atoms with Gasteiger partial charge in [-0.2, -0.15) is 13.2 Å². The Morgan fingerprint density at radius 3 is 2.46 bits per heavy atom. The Hall–Kier alpha value is -3.03. The van der Waals surface area contributed by atoms with Crippen LogP contribution in [0.3, 0.4) is 0 Å². The molecule has 0 saturated heterocycles. The Morgan fingerprint density at radius 2 is 1.82 bits per heavy atom. The Morgan fingerprint density at radius 1 is 1.08 bits per heavy atom. The van der Waals surface area contributed by atoms with Crippen molar-refractivity contribution in [2.75, 3.05) is 18.8 Å². The van der Waals surface area contributed by atoms with E-state index in [4.69, 9.17) is 16.3 Å². The highest BCUT2D eigenvalue weighted by Crippen LogP contribution is 2.41. The summed E-state index contributed by atoms with van der Waals surface area (Å²) in [6, 6.07) is 5.06. The molecule has 3 atom stereocenters. The molecule has 0 spiro atoms. The molecule has 0 bridgehead atoms. The van der Waals surface area contributed by atoms with E-state index >= 15 is 0 Å². The summed E-state index contributed by atoms with van der Waals surface area (Å²) in [5.74, 6) is -2.51. The summed E-state index contributed by atoms with van der Waals surface area (Å²) in [4.78, 5) is 8.50. The number of alkyl halides is 3. The number of aromatic nitrogens is 2. The lowest BCUT2D eigenvalue weighted by atomic mass is 9.78. The normalized spacial score (nSPS) is 20.2. The Kier molecular flexibility index (Phi) is 8.33. The van der Waals surface area contributed by atoms with Gasteiger partial charge in [0.05, 0.1) is 10.6 Å². The quantitative estimate of drug-likeness (QED) is 0.346.